The number of anilines is 1. The molecule has 3 heterocycles. The second kappa shape index (κ2) is 7.96. The van der Waals surface area contributed by atoms with Gasteiger partial charge in [0.1, 0.15) is 17.4 Å². The van der Waals surface area contributed by atoms with E-state index >= 15 is 0 Å². The maximum Gasteiger partial charge on any atom is 0.291 e. The Bertz CT molecular complexity index is 1130. The van der Waals surface area contributed by atoms with E-state index in [0.717, 1.165) is 0 Å². The van der Waals surface area contributed by atoms with Gasteiger partial charge in [0.05, 0.1) is 13.2 Å². The maximum atomic E-state index is 13.2. The van der Waals surface area contributed by atoms with Gasteiger partial charge < -0.3 is 28.8 Å². The van der Waals surface area contributed by atoms with Gasteiger partial charge in [-0.1, -0.05) is 24.3 Å². The standard InChI is InChI=1S/C23H22N2O6/c1-14-20(31-18-9-5-4-8-17(18)29-14)22(26)24-19-15-6-2-3-7-16(15)30-21(19)23(27)25-10-12-28-13-11-25/h2-9,14,20H,10-13H2,1H3,(H,24,26)/t14-,20-/m0/s1. The second-order valence-corrected chi connectivity index (χ2v) is 7.50. The largest absolute Gasteiger partial charge is 0.482 e. The molecule has 8 heteroatoms. The summed E-state index contributed by atoms with van der Waals surface area (Å²) in [5, 5.41) is 3.52. The number of hydrogen-bond acceptors (Lipinski definition) is 6. The smallest absolute Gasteiger partial charge is 0.291 e. The van der Waals surface area contributed by atoms with Gasteiger partial charge in [-0.15, -0.1) is 0 Å². The van der Waals surface area contributed by atoms with Crippen LogP contribution in [0.15, 0.2) is 52.9 Å². The van der Waals surface area contributed by atoms with Crippen molar-refractivity contribution in [3.05, 3.63) is 54.3 Å². The number of carbonyl (C=O) groups excluding carboxylic acids is 2. The van der Waals surface area contributed by atoms with Crippen molar-refractivity contribution in [2.45, 2.75) is 19.1 Å². The highest BCUT2D eigenvalue weighted by Gasteiger charge is 2.36. The van der Waals surface area contributed by atoms with Crippen molar-refractivity contribution in [3.63, 3.8) is 0 Å². The molecule has 0 radical (unpaired) electrons. The first-order valence-electron chi connectivity index (χ1n) is 10.2. The molecular formula is C23H22N2O6. The summed E-state index contributed by atoms with van der Waals surface area (Å²) >= 11 is 0. The average molecular weight is 422 g/mol. The number of ether oxygens (including phenoxy) is 3. The molecule has 160 valence electrons. The Hall–Kier alpha value is -3.52. The van der Waals surface area contributed by atoms with Gasteiger partial charge in [-0.25, -0.2) is 0 Å². The summed E-state index contributed by atoms with van der Waals surface area (Å²) in [5.74, 6) is 0.498. The predicted octanol–water partition coefficient (Wildman–Crippen LogP) is 3.07. The van der Waals surface area contributed by atoms with E-state index in [1.54, 1.807) is 30.0 Å². The van der Waals surface area contributed by atoms with Gasteiger partial charge in [0, 0.05) is 18.5 Å². The topological polar surface area (TPSA) is 90.2 Å². The van der Waals surface area contributed by atoms with Crippen LogP contribution in [0.1, 0.15) is 17.5 Å². The van der Waals surface area contributed by atoms with E-state index in [0.29, 0.717) is 54.5 Å². The van der Waals surface area contributed by atoms with Gasteiger partial charge >= 0.3 is 0 Å². The Morgan fingerprint density at radius 2 is 1.65 bits per heavy atom. The Morgan fingerprint density at radius 3 is 2.42 bits per heavy atom. The van der Waals surface area contributed by atoms with Crippen molar-refractivity contribution in [2.24, 2.45) is 0 Å². The first-order chi connectivity index (χ1) is 15.1. The highest BCUT2D eigenvalue weighted by atomic mass is 16.6. The zero-order chi connectivity index (χ0) is 21.4. The number of nitrogens with one attached hydrogen (secondary N) is 1. The number of fused-ring (bicyclic) bond motifs is 2. The SMILES string of the molecule is C[C@@H]1Oc2ccccc2O[C@@H]1C(=O)Nc1c(C(=O)N2CCOCC2)oc2ccccc12. The van der Waals surface area contributed by atoms with Gasteiger partial charge in [0.2, 0.25) is 11.9 Å². The summed E-state index contributed by atoms with van der Waals surface area (Å²) in [7, 11) is 0. The molecular weight excluding hydrogens is 400 g/mol. The molecule has 0 spiro atoms. The van der Waals surface area contributed by atoms with E-state index < -0.39 is 18.1 Å². The van der Waals surface area contributed by atoms with Gasteiger partial charge in [0.15, 0.2) is 11.5 Å². The summed E-state index contributed by atoms with van der Waals surface area (Å²) in [6, 6.07) is 14.4. The lowest BCUT2D eigenvalue weighted by atomic mass is 10.1. The van der Waals surface area contributed by atoms with E-state index in [-0.39, 0.29) is 11.7 Å². The number of nitrogens with zero attached hydrogens (tertiary/aromatic N) is 1. The number of para-hydroxylation sites is 3. The van der Waals surface area contributed by atoms with E-state index in [2.05, 4.69) is 5.32 Å². The Morgan fingerprint density at radius 1 is 0.968 bits per heavy atom. The molecule has 1 saturated heterocycles. The van der Waals surface area contributed by atoms with E-state index in [4.69, 9.17) is 18.6 Å². The highest BCUT2D eigenvalue weighted by Crippen LogP contribution is 2.35. The van der Waals surface area contributed by atoms with Crippen molar-refractivity contribution >= 4 is 28.5 Å². The third kappa shape index (κ3) is 3.59. The molecule has 1 N–H and O–H groups in total. The second-order valence-electron chi connectivity index (χ2n) is 7.50. The van der Waals surface area contributed by atoms with Gasteiger partial charge in [-0.2, -0.15) is 0 Å². The number of morpholine rings is 1. The fourth-order valence-corrected chi connectivity index (χ4v) is 3.83. The molecule has 0 unspecified atom stereocenters. The van der Waals surface area contributed by atoms with Gasteiger partial charge in [-0.05, 0) is 31.2 Å². The lowest BCUT2D eigenvalue weighted by Crippen LogP contribution is -2.46. The van der Waals surface area contributed by atoms with E-state index in [9.17, 15) is 9.59 Å². The minimum atomic E-state index is -0.880. The van der Waals surface area contributed by atoms with Crippen LogP contribution in [0, 0.1) is 0 Å². The summed E-state index contributed by atoms with van der Waals surface area (Å²) < 4.78 is 23.0. The zero-order valence-electron chi connectivity index (χ0n) is 17.0. The Balaban J connectivity index is 1.45. The monoisotopic (exact) mass is 422 g/mol. The lowest BCUT2D eigenvalue weighted by molar-refractivity contribution is -0.128. The summed E-state index contributed by atoms with van der Waals surface area (Å²) in [6.07, 6.45) is -1.39. The van der Waals surface area contributed by atoms with Crippen molar-refractivity contribution in [1.29, 1.82) is 0 Å². The van der Waals surface area contributed by atoms with E-state index in [1.165, 1.54) is 0 Å². The third-order valence-corrected chi connectivity index (χ3v) is 5.44. The van der Waals surface area contributed by atoms with Crippen LogP contribution in [0.25, 0.3) is 11.0 Å². The summed E-state index contributed by atoms with van der Waals surface area (Å²) in [6.45, 7) is 3.65. The molecule has 1 aromatic heterocycles. The molecule has 0 bridgehead atoms. The lowest BCUT2D eigenvalue weighted by Gasteiger charge is -2.31. The number of hydrogen-bond donors (Lipinski definition) is 1. The number of amides is 2. The maximum absolute atomic E-state index is 13.2. The molecule has 8 nitrogen and oxygen atoms in total. The van der Waals surface area contributed by atoms with Crippen molar-refractivity contribution in [3.8, 4) is 11.5 Å². The molecule has 0 aliphatic carbocycles. The fourth-order valence-electron chi connectivity index (χ4n) is 3.83. The van der Waals surface area contributed by atoms with Crippen LogP contribution in [0.5, 0.6) is 11.5 Å². The molecule has 2 aliphatic rings. The molecule has 1 fully saturated rings. The van der Waals surface area contributed by atoms with Crippen LogP contribution in [0.2, 0.25) is 0 Å². The minimum Gasteiger partial charge on any atom is -0.482 e. The van der Waals surface area contributed by atoms with Crippen LogP contribution in [-0.2, 0) is 9.53 Å². The highest BCUT2D eigenvalue weighted by molar-refractivity contribution is 6.11. The van der Waals surface area contributed by atoms with Crippen LogP contribution in [0.3, 0.4) is 0 Å². The first kappa shape index (κ1) is 19.4. The van der Waals surface area contributed by atoms with Crippen molar-refractivity contribution in [1.82, 2.24) is 4.90 Å². The molecule has 2 atom stereocenters. The molecule has 3 aromatic rings. The predicted molar refractivity (Wildman–Crippen MR) is 113 cm³/mol. The zero-order valence-corrected chi connectivity index (χ0v) is 17.0. The van der Waals surface area contributed by atoms with Crippen LogP contribution < -0.4 is 14.8 Å². The van der Waals surface area contributed by atoms with Crippen molar-refractivity contribution < 1.29 is 28.2 Å². The Kier molecular flexibility index (Phi) is 4.99. The van der Waals surface area contributed by atoms with Gasteiger partial charge in [0.25, 0.3) is 11.8 Å². The van der Waals surface area contributed by atoms with Crippen LogP contribution in [-0.4, -0.2) is 55.2 Å². The van der Waals surface area contributed by atoms with E-state index in [1.807, 2.05) is 30.3 Å². The molecule has 2 amide bonds. The first-order valence-corrected chi connectivity index (χ1v) is 10.2. The summed E-state index contributed by atoms with van der Waals surface area (Å²) in [5.41, 5.74) is 0.861. The number of furan rings is 1. The van der Waals surface area contributed by atoms with Crippen molar-refractivity contribution in [2.75, 3.05) is 31.6 Å². The quantitative estimate of drug-likeness (QED) is 0.698. The molecule has 0 saturated carbocycles. The average Bonchev–Trinajstić information content (AvgIpc) is 3.17. The third-order valence-electron chi connectivity index (χ3n) is 5.44. The summed E-state index contributed by atoms with van der Waals surface area (Å²) in [4.78, 5) is 28.0. The normalized spacial score (nSPS) is 20.5. The molecule has 31 heavy (non-hydrogen) atoms. The Labute approximate surface area is 178 Å². The fraction of sp³-hybridized carbons (Fsp3) is 0.304. The number of carbonyl (C=O) groups is 2. The van der Waals surface area contributed by atoms with Crippen LogP contribution >= 0.6 is 0 Å². The number of benzene rings is 2. The van der Waals surface area contributed by atoms with Crippen LogP contribution in [0.4, 0.5) is 5.69 Å². The molecule has 2 aliphatic heterocycles. The molecule has 2 aromatic carbocycles. The minimum absolute atomic E-state index is 0.0984. The van der Waals surface area contributed by atoms with Gasteiger partial charge in [-0.3, -0.25) is 9.59 Å². The molecule has 5 rings (SSSR count). The number of rotatable bonds is 3.